The van der Waals surface area contributed by atoms with Gasteiger partial charge in [-0.15, -0.1) is 11.3 Å². The van der Waals surface area contributed by atoms with Crippen LogP contribution < -0.4 is 5.56 Å². The first-order chi connectivity index (χ1) is 16.1. The standard InChI is InChI=1S/C24H22N4O4S/c1-14-6-7-15-20(10-14)33-23-22(15)24(30)27(13-25-23)12-21(29)28-17(19-5-3-9-32-19)11-16(26-28)18-4-2-8-31-18/h2-5,8-9,13-14,17H,6-7,10-12H2,1H3. The molecule has 33 heavy (non-hydrogen) atoms. The molecule has 6 rings (SSSR count). The molecule has 0 N–H and O–H groups in total. The molecule has 1 aliphatic heterocycles. The van der Waals surface area contributed by atoms with Gasteiger partial charge in [-0.1, -0.05) is 6.92 Å². The van der Waals surface area contributed by atoms with Gasteiger partial charge in [0.25, 0.3) is 11.5 Å². The number of aryl methyl sites for hydroxylation is 1. The Bertz CT molecular complexity index is 1410. The van der Waals surface area contributed by atoms with Gasteiger partial charge in [0.05, 0.1) is 24.2 Å². The lowest BCUT2D eigenvalue weighted by Gasteiger charge is -2.20. The number of rotatable bonds is 4. The first-order valence-electron chi connectivity index (χ1n) is 11.0. The minimum atomic E-state index is -0.393. The number of furan rings is 2. The smallest absolute Gasteiger partial charge is 0.263 e. The predicted octanol–water partition coefficient (Wildman–Crippen LogP) is 4.15. The van der Waals surface area contributed by atoms with Gasteiger partial charge in [-0.05, 0) is 55.0 Å². The molecule has 0 saturated heterocycles. The second-order valence-electron chi connectivity index (χ2n) is 8.71. The van der Waals surface area contributed by atoms with Gasteiger partial charge in [-0.2, -0.15) is 5.10 Å². The van der Waals surface area contributed by atoms with Crippen molar-refractivity contribution in [1.29, 1.82) is 0 Å². The lowest BCUT2D eigenvalue weighted by Crippen LogP contribution is -2.34. The van der Waals surface area contributed by atoms with Crippen LogP contribution in [0.4, 0.5) is 0 Å². The van der Waals surface area contributed by atoms with Crippen LogP contribution in [0.5, 0.6) is 0 Å². The summed E-state index contributed by atoms with van der Waals surface area (Å²) in [5.41, 5.74) is 1.61. The number of hydrogen-bond acceptors (Lipinski definition) is 7. The van der Waals surface area contributed by atoms with E-state index in [9.17, 15) is 9.59 Å². The molecule has 1 amide bonds. The predicted molar refractivity (Wildman–Crippen MR) is 123 cm³/mol. The molecule has 0 spiro atoms. The van der Waals surface area contributed by atoms with Gasteiger partial charge < -0.3 is 8.83 Å². The highest BCUT2D eigenvalue weighted by molar-refractivity contribution is 7.18. The van der Waals surface area contributed by atoms with Crippen LogP contribution >= 0.6 is 11.3 Å². The van der Waals surface area contributed by atoms with Crippen LogP contribution in [0, 0.1) is 5.92 Å². The average molecular weight is 463 g/mol. The molecule has 4 aromatic rings. The highest BCUT2D eigenvalue weighted by Gasteiger charge is 2.36. The van der Waals surface area contributed by atoms with E-state index in [1.54, 1.807) is 36.0 Å². The van der Waals surface area contributed by atoms with Crippen LogP contribution in [0.2, 0.25) is 0 Å². The molecule has 0 aromatic carbocycles. The zero-order chi connectivity index (χ0) is 22.5. The van der Waals surface area contributed by atoms with Crippen molar-refractivity contribution in [2.75, 3.05) is 0 Å². The largest absolute Gasteiger partial charge is 0.467 e. The molecule has 0 saturated carbocycles. The van der Waals surface area contributed by atoms with E-state index in [0.29, 0.717) is 35.0 Å². The van der Waals surface area contributed by atoms with Gasteiger partial charge in [0.15, 0.2) is 0 Å². The number of carbonyl (C=O) groups excluding carboxylic acids is 1. The fourth-order valence-corrected chi connectivity index (χ4v) is 6.07. The number of carbonyl (C=O) groups is 1. The van der Waals surface area contributed by atoms with E-state index in [1.807, 2.05) is 12.1 Å². The number of thiophene rings is 1. The van der Waals surface area contributed by atoms with Gasteiger partial charge in [0.1, 0.15) is 34.6 Å². The summed E-state index contributed by atoms with van der Waals surface area (Å²) in [7, 11) is 0. The third-order valence-electron chi connectivity index (χ3n) is 6.43. The second-order valence-corrected chi connectivity index (χ2v) is 9.79. The Hall–Kier alpha value is -3.46. The van der Waals surface area contributed by atoms with E-state index < -0.39 is 6.04 Å². The summed E-state index contributed by atoms with van der Waals surface area (Å²) in [6.07, 6.45) is 8.03. The molecular formula is C24H22N4O4S. The molecule has 9 heteroatoms. The molecule has 168 valence electrons. The Balaban J connectivity index is 1.34. The van der Waals surface area contributed by atoms with E-state index in [4.69, 9.17) is 8.83 Å². The second kappa shape index (κ2) is 7.84. The van der Waals surface area contributed by atoms with Crippen molar-refractivity contribution in [1.82, 2.24) is 14.6 Å². The molecule has 5 heterocycles. The van der Waals surface area contributed by atoms with Crippen molar-refractivity contribution in [3.05, 3.63) is 75.4 Å². The monoisotopic (exact) mass is 462 g/mol. The van der Waals surface area contributed by atoms with Gasteiger partial charge in [0.2, 0.25) is 0 Å². The van der Waals surface area contributed by atoms with Crippen molar-refractivity contribution in [3.8, 4) is 0 Å². The number of hydrazone groups is 1. The van der Waals surface area contributed by atoms with Crippen LogP contribution in [0.1, 0.15) is 47.8 Å². The molecule has 2 aliphatic rings. The normalized spacial score (nSPS) is 20.3. The van der Waals surface area contributed by atoms with E-state index in [0.717, 1.165) is 29.7 Å². The maximum atomic E-state index is 13.4. The summed E-state index contributed by atoms with van der Waals surface area (Å²) in [6, 6.07) is 6.81. The first kappa shape index (κ1) is 20.2. The topological polar surface area (TPSA) is 93.8 Å². The molecule has 0 radical (unpaired) electrons. The number of nitrogens with zero attached hydrogens (tertiary/aromatic N) is 4. The SMILES string of the molecule is CC1CCc2c(sc3ncn(CC(=O)N4N=C(c5ccco5)CC4c4ccco4)c(=O)c23)C1. The Morgan fingerprint density at radius 2 is 2.06 bits per heavy atom. The van der Waals surface area contributed by atoms with Crippen LogP contribution in [0.25, 0.3) is 10.2 Å². The Morgan fingerprint density at radius 3 is 2.85 bits per heavy atom. The van der Waals surface area contributed by atoms with E-state index in [2.05, 4.69) is 17.0 Å². The summed E-state index contributed by atoms with van der Waals surface area (Å²) in [5.74, 6) is 1.56. The molecule has 1 aliphatic carbocycles. The van der Waals surface area contributed by atoms with Crippen molar-refractivity contribution < 1.29 is 13.6 Å². The number of aromatic nitrogens is 2. The van der Waals surface area contributed by atoms with E-state index >= 15 is 0 Å². The lowest BCUT2D eigenvalue weighted by molar-refractivity contribution is -0.134. The Morgan fingerprint density at radius 1 is 1.21 bits per heavy atom. The van der Waals surface area contributed by atoms with Gasteiger partial charge >= 0.3 is 0 Å². The maximum Gasteiger partial charge on any atom is 0.263 e. The lowest BCUT2D eigenvalue weighted by atomic mass is 9.89. The Kier molecular flexibility index (Phi) is 4.79. The zero-order valence-electron chi connectivity index (χ0n) is 18.1. The molecule has 2 atom stereocenters. The van der Waals surface area contributed by atoms with Crippen molar-refractivity contribution in [3.63, 3.8) is 0 Å². The number of fused-ring (bicyclic) bond motifs is 3. The van der Waals surface area contributed by atoms with Gasteiger partial charge in [0, 0.05) is 11.3 Å². The summed E-state index contributed by atoms with van der Waals surface area (Å²) < 4.78 is 12.5. The highest BCUT2D eigenvalue weighted by Crippen LogP contribution is 2.36. The summed E-state index contributed by atoms with van der Waals surface area (Å²) in [5, 5.41) is 6.61. The first-order valence-corrected chi connectivity index (χ1v) is 11.9. The minimum Gasteiger partial charge on any atom is -0.467 e. The van der Waals surface area contributed by atoms with E-state index in [-0.39, 0.29) is 18.0 Å². The maximum absolute atomic E-state index is 13.4. The minimum absolute atomic E-state index is 0.144. The molecular weight excluding hydrogens is 440 g/mol. The Labute approximate surface area is 193 Å². The van der Waals surface area contributed by atoms with Gasteiger partial charge in [-0.3, -0.25) is 14.2 Å². The third kappa shape index (κ3) is 3.43. The van der Waals surface area contributed by atoms with Crippen LogP contribution in [0.15, 0.2) is 61.8 Å². The molecule has 0 bridgehead atoms. The van der Waals surface area contributed by atoms with Crippen LogP contribution in [0.3, 0.4) is 0 Å². The third-order valence-corrected chi connectivity index (χ3v) is 7.59. The van der Waals surface area contributed by atoms with Crippen LogP contribution in [-0.2, 0) is 24.2 Å². The van der Waals surface area contributed by atoms with Crippen molar-refractivity contribution in [2.24, 2.45) is 11.0 Å². The number of amides is 1. The van der Waals surface area contributed by atoms with Crippen molar-refractivity contribution >= 4 is 33.2 Å². The number of hydrogen-bond donors (Lipinski definition) is 0. The summed E-state index contributed by atoms with van der Waals surface area (Å²) >= 11 is 1.60. The molecule has 0 fully saturated rings. The van der Waals surface area contributed by atoms with E-state index in [1.165, 1.54) is 20.8 Å². The summed E-state index contributed by atoms with van der Waals surface area (Å²) in [6.45, 7) is 2.09. The zero-order valence-corrected chi connectivity index (χ0v) is 18.9. The van der Waals surface area contributed by atoms with Crippen LogP contribution in [-0.4, -0.2) is 26.2 Å². The molecule has 4 aromatic heterocycles. The summed E-state index contributed by atoms with van der Waals surface area (Å²) in [4.78, 5) is 33.2. The van der Waals surface area contributed by atoms with Crippen molar-refractivity contribution in [2.45, 2.75) is 45.2 Å². The fourth-order valence-electron chi connectivity index (χ4n) is 4.73. The quantitative estimate of drug-likeness (QED) is 0.454. The fraction of sp³-hybridized carbons (Fsp3) is 0.333. The average Bonchev–Trinajstić information content (AvgIpc) is 3.59. The molecule has 8 nitrogen and oxygen atoms in total. The highest BCUT2D eigenvalue weighted by atomic mass is 32.1. The van der Waals surface area contributed by atoms with Gasteiger partial charge in [-0.25, -0.2) is 9.99 Å². The molecule has 2 unspecified atom stereocenters.